The molecule has 1 atom stereocenters. The summed E-state index contributed by atoms with van der Waals surface area (Å²) in [5.74, 6) is -1.30. The molecule has 6 heteroatoms. The number of halogens is 1. The van der Waals surface area contributed by atoms with Crippen LogP contribution in [0.25, 0.3) is 6.08 Å². The summed E-state index contributed by atoms with van der Waals surface area (Å²) in [5, 5.41) is 2.67. The summed E-state index contributed by atoms with van der Waals surface area (Å²) in [7, 11) is 0. The van der Waals surface area contributed by atoms with Crippen LogP contribution in [-0.4, -0.2) is 22.5 Å². The van der Waals surface area contributed by atoms with Gasteiger partial charge in [-0.05, 0) is 69.0 Å². The number of aromatic nitrogens is 1. The molecule has 1 N–H and O–H groups in total. The fourth-order valence-electron chi connectivity index (χ4n) is 3.23. The molecule has 5 nitrogen and oxygen atoms in total. The summed E-state index contributed by atoms with van der Waals surface area (Å²) < 4.78 is 20.4. The summed E-state index contributed by atoms with van der Waals surface area (Å²) in [4.78, 5) is 24.1. The Morgan fingerprint density at radius 3 is 2.61 bits per heavy atom. The van der Waals surface area contributed by atoms with Crippen LogP contribution in [0.1, 0.15) is 48.3 Å². The Kier molecular flexibility index (Phi) is 5.97. The van der Waals surface area contributed by atoms with E-state index in [0.29, 0.717) is 6.04 Å². The van der Waals surface area contributed by atoms with Crippen molar-refractivity contribution in [1.82, 2.24) is 9.88 Å². The highest BCUT2D eigenvalue weighted by atomic mass is 19.1. The first-order chi connectivity index (χ1) is 13.3. The molecule has 0 saturated heterocycles. The third-order valence-electron chi connectivity index (χ3n) is 4.88. The SMILES string of the molecule is Cc1cc(/C=C/C(=O)O[C@@H](C)C(=O)NCc2ccc(F)cc2)c(C)n1C1CC1. The van der Waals surface area contributed by atoms with E-state index >= 15 is 0 Å². The Bertz CT molecular complexity index is 895. The van der Waals surface area contributed by atoms with Crippen LogP contribution in [-0.2, 0) is 20.9 Å². The molecule has 28 heavy (non-hydrogen) atoms. The molecule has 3 rings (SSSR count). The fourth-order valence-corrected chi connectivity index (χ4v) is 3.23. The van der Waals surface area contributed by atoms with Gasteiger partial charge in [0.25, 0.3) is 5.91 Å². The van der Waals surface area contributed by atoms with Crippen molar-refractivity contribution >= 4 is 18.0 Å². The van der Waals surface area contributed by atoms with Crippen LogP contribution in [0.15, 0.2) is 36.4 Å². The zero-order valence-electron chi connectivity index (χ0n) is 16.4. The van der Waals surface area contributed by atoms with Gasteiger partial charge in [0.05, 0.1) is 0 Å². The highest BCUT2D eigenvalue weighted by molar-refractivity contribution is 5.90. The number of benzene rings is 1. The predicted molar refractivity (Wildman–Crippen MR) is 105 cm³/mol. The molecule has 2 aromatic rings. The van der Waals surface area contributed by atoms with Gasteiger partial charge in [0.15, 0.2) is 6.10 Å². The second-order valence-corrected chi connectivity index (χ2v) is 7.18. The summed E-state index contributed by atoms with van der Waals surface area (Å²) in [6.45, 7) is 5.87. The van der Waals surface area contributed by atoms with Crippen LogP contribution >= 0.6 is 0 Å². The molecule has 1 aliphatic carbocycles. The molecule has 0 spiro atoms. The van der Waals surface area contributed by atoms with Crippen LogP contribution in [0.3, 0.4) is 0 Å². The first-order valence-corrected chi connectivity index (χ1v) is 9.44. The van der Waals surface area contributed by atoms with E-state index in [2.05, 4.69) is 22.9 Å². The maximum atomic E-state index is 12.9. The summed E-state index contributed by atoms with van der Waals surface area (Å²) in [5.41, 5.74) is 4.06. The second-order valence-electron chi connectivity index (χ2n) is 7.18. The first-order valence-electron chi connectivity index (χ1n) is 9.44. The number of carbonyl (C=O) groups is 2. The summed E-state index contributed by atoms with van der Waals surface area (Å²) in [6, 6.07) is 8.47. The van der Waals surface area contributed by atoms with Crippen molar-refractivity contribution in [3.05, 3.63) is 64.7 Å². The number of rotatable bonds is 7. The number of hydrogen-bond acceptors (Lipinski definition) is 3. The standard InChI is InChI=1S/C22H25FN2O3/c1-14-12-18(15(2)25(14)20-9-10-20)6-11-21(26)28-16(3)22(27)24-13-17-4-7-19(23)8-5-17/h4-8,11-12,16,20H,9-10,13H2,1-3H3,(H,24,27)/b11-6+/t16-/m0/s1. The minimum absolute atomic E-state index is 0.240. The third-order valence-corrected chi connectivity index (χ3v) is 4.88. The topological polar surface area (TPSA) is 60.3 Å². The van der Waals surface area contributed by atoms with Crippen molar-refractivity contribution in [1.29, 1.82) is 0 Å². The van der Waals surface area contributed by atoms with Gasteiger partial charge in [0, 0.05) is 30.1 Å². The Balaban J connectivity index is 1.51. The molecular formula is C22H25FN2O3. The van der Waals surface area contributed by atoms with E-state index in [1.54, 1.807) is 18.2 Å². The van der Waals surface area contributed by atoms with Crippen LogP contribution in [0.4, 0.5) is 4.39 Å². The highest BCUT2D eigenvalue weighted by Crippen LogP contribution is 2.38. The van der Waals surface area contributed by atoms with E-state index < -0.39 is 18.0 Å². The van der Waals surface area contributed by atoms with Gasteiger partial charge in [-0.3, -0.25) is 4.79 Å². The Morgan fingerprint density at radius 1 is 1.29 bits per heavy atom. The molecule has 0 radical (unpaired) electrons. The molecule has 1 aromatic heterocycles. The average molecular weight is 384 g/mol. The lowest BCUT2D eigenvalue weighted by Crippen LogP contribution is -2.35. The minimum Gasteiger partial charge on any atom is -0.449 e. The molecule has 1 fully saturated rings. The van der Waals surface area contributed by atoms with Gasteiger partial charge in [0.2, 0.25) is 0 Å². The van der Waals surface area contributed by atoms with E-state index in [1.807, 2.05) is 6.92 Å². The Labute approximate surface area is 164 Å². The molecule has 1 saturated carbocycles. The van der Waals surface area contributed by atoms with Crippen molar-refractivity contribution in [2.45, 2.75) is 52.3 Å². The Morgan fingerprint density at radius 2 is 1.96 bits per heavy atom. The molecule has 148 valence electrons. The minimum atomic E-state index is -0.920. The van der Waals surface area contributed by atoms with E-state index in [-0.39, 0.29) is 12.4 Å². The van der Waals surface area contributed by atoms with E-state index in [0.717, 1.165) is 16.8 Å². The van der Waals surface area contributed by atoms with Gasteiger partial charge in [-0.15, -0.1) is 0 Å². The molecule has 0 unspecified atom stereocenters. The number of esters is 1. The largest absolute Gasteiger partial charge is 0.449 e. The number of amides is 1. The zero-order chi connectivity index (χ0) is 20.3. The molecule has 1 heterocycles. The fraction of sp³-hybridized carbons (Fsp3) is 0.364. The van der Waals surface area contributed by atoms with E-state index in [1.165, 1.54) is 43.7 Å². The Hall–Kier alpha value is -2.89. The lowest BCUT2D eigenvalue weighted by atomic mass is 10.2. The zero-order valence-corrected chi connectivity index (χ0v) is 16.4. The molecule has 0 aliphatic heterocycles. The van der Waals surface area contributed by atoms with Gasteiger partial charge in [-0.2, -0.15) is 0 Å². The van der Waals surface area contributed by atoms with Crippen molar-refractivity contribution in [3.8, 4) is 0 Å². The first kappa shape index (κ1) is 19.9. The number of carbonyl (C=O) groups excluding carboxylic acids is 2. The van der Waals surface area contributed by atoms with Gasteiger partial charge in [-0.1, -0.05) is 12.1 Å². The lowest BCUT2D eigenvalue weighted by molar-refractivity contribution is -0.150. The van der Waals surface area contributed by atoms with Gasteiger partial charge < -0.3 is 14.6 Å². The number of ether oxygens (including phenoxy) is 1. The van der Waals surface area contributed by atoms with E-state index in [4.69, 9.17) is 4.74 Å². The lowest BCUT2D eigenvalue weighted by Gasteiger charge is -2.12. The van der Waals surface area contributed by atoms with Crippen molar-refractivity contribution < 1.29 is 18.7 Å². The molecule has 0 bridgehead atoms. The second kappa shape index (κ2) is 8.42. The van der Waals surface area contributed by atoms with Crippen LogP contribution in [0.5, 0.6) is 0 Å². The molecule has 1 aromatic carbocycles. The monoisotopic (exact) mass is 384 g/mol. The number of nitrogens with zero attached hydrogens (tertiary/aromatic N) is 1. The number of aryl methyl sites for hydroxylation is 1. The van der Waals surface area contributed by atoms with Crippen LogP contribution < -0.4 is 5.32 Å². The van der Waals surface area contributed by atoms with Gasteiger partial charge >= 0.3 is 5.97 Å². The van der Waals surface area contributed by atoms with Crippen LogP contribution in [0.2, 0.25) is 0 Å². The normalized spacial score (nSPS) is 14.9. The van der Waals surface area contributed by atoms with Gasteiger partial charge in [0.1, 0.15) is 5.82 Å². The molecule has 1 aliphatic rings. The van der Waals surface area contributed by atoms with Crippen LogP contribution in [0, 0.1) is 19.7 Å². The summed E-state index contributed by atoms with van der Waals surface area (Å²) >= 11 is 0. The average Bonchev–Trinajstić information content (AvgIpc) is 3.44. The molecule has 1 amide bonds. The summed E-state index contributed by atoms with van der Waals surface area (Å²) in [6.07, 6.45) is 4.56. The number of hydrogen-bond donors (Lipinski definition) is 1. The molecular weight excluding hydrogens is 359 g/mol. The van der Waals surface area contributed by atoms with Crippen molar-refractivity contribution in [3.63, 3.8) is 0 Å². The smallest absolute Gasteiger partial charge is 0.331 e. The van der Waals surface area contributed by atoms with E-state index in [9.17, 15) is 14.0 Å². The highest BCUT2D eigenvalue weighted by Gasteiger charge is 2.26. The number of nitrogens with one attached hydrogen (secondary N) is 1. The maximum Gasteiger partial charge on any atom is 0.331 e. The predicted octanol–water partition coefficient (Wildman–Crippen LogP) is 3.84. The van der Waals surface area contributed by atoms with Crippen molar-refractivity contribution in [2.75, 3.05) is 0 Å². The quantitative estimate of drug-likeness (QED) is 0.583. The third kappa shape index (κ3) is 4.88. The van der Waals surface area contributed by atoms with Gasteiger partial charge in [-0.25, -0.2) is 9.18 Å². The maximum absolute atomic E-state index is 12.9. The van der Waals surface area contributed by atoms with Crippen molar-refractivity contribution in [2.24, 2.45) is 0 Å².